The molecule has 1 aromatic rings. The fourth-order valence-corrected chi connectivity index (χ4v) is 2.30. The van der Waals surface area contributed by atoms with Crippen molar-refractivity contribution in [3.63, 3.8) is 0 Å². The van der Waals surface area contributed by atoms with Crippen molar-refractivity contribution in [3.8, 4) is 5.75 Å². The third-order valence-electron chi connectivity index (χ3n) is 2.33. The Hall–Kier alpha value is -2.16. The fraction of sp³-hybridized carbons (Fsp3) is 0.0769. The van der Waals surface area contributed by atoms with E-state index in [2.05, 4.69) is 10.8 Å². The average molecular weight is 340 g/mol. The molecule has 0 atom stereocenters. The molecule has 1 rings (SSSR count). The monoisotopic (exact) mass is 340 g/mol. The summed E-state index contributed by atoms with van der Waals surface area (Å²) in [7, 11) is -4.80. The topological polar surface area (TPSA) is 43.4 Å². The third kappa shape index (κ3) is 3.35. The molecule has 120 valence electrons. The summed E-state index contributed by atoms with van der Waals surface area (Å²) >= 11 is 0. The Kier molecular flexibility index (Phi) is 5.48. The Balaban J connectivity index is 3.42. The number of rotatable bonds is 5. The van der Waals surface area contributed by atoms with Crippen molar-refractivity contribution >= 4 is 10.1 Å². The minimum atomic E-state index is -4.80. The van der Waals surface area contributed by atoms with E-state index in [0.29, 0.717) is 0 Å². The molecule has 1 aromatic carbocycles. The van der Waals surface area contributed by atoms with Crippen LogP contribution in [-0.2, 0) is 10.1 Å². The maximum atomic E-state index is 13.4. The van der Waals surface area contributed by atoms with Gasteiger partial charge in [-0.2, -0.15) is 17.2 Å². The van der Waals surface area contributed by atoms with Crippen LogP contribution in [0.5, 0.6) is 5.75 Å². The van der Waals surface area contributed by atoms with Crippen LogP contribution in [0.25, 0.3) is 0 Å². The lowest BCUT2D eigenvalue weighted by Gasteiger charge is -2.10. The van der Waals surface area contributed by atoms with Crippen LogP contribution in [0.4, 0.5) is 22.0 Å². The highest BCUT2D eigenvalue weighted by molar-refractivity contribution is 7.91. The zero-order valence-corrected chi connectivity index (χ0v) is 11.9. The van der Waals surface area contributed by atoms with Gasteiger partial charge in [0.15, 0.2) is 0 Å². The Morgan fingerprint density at radius 1 is 1.00 bits per heavy atom. The fourth-order valence-electron chi connectivity index (χ4n) is 1.30. The lowest BCUT2D eigenvalue weighted by Crippen LogP contribution is -2.15. The number of benzene rings is 1. The molecule has 0 amide bonds. The largest absolute Gasteiger partial charge is 0.372 e. The lowest BCUT2D eigenvalue weighted by molar-refractivity contribution is 0.348. The summed E-state index contributed by atoms with van der Waals surface area (Å²) in [5.74, 6) is -13.7. The summed E-state index contributed by atoms with van der Waals surface area (Å²) in [6.07, 6.45) is 4.35. The van der Waals surface area contributed by atoms with E-state index in [1.54, 1.807) is 0 Å². The summed E-state index contributed by atoms with van der Waals surface area (Å²) in [5.41, 5.74) is 0. The molecular weight excluding hydrogens is 331 g/mol. The Morgan fingerprint density at radius 3 is 1.86 bits per heavy atom. The molecule has 3 nitrogen and oxygen atoms in total. The van der Waals surface area contributed by atoms with Gasteiger partial charge in [-0.25, -0.2) is 13.2 Å². The van der Waals surface area contributed by atoms with E-state index in [1.165, 1.54) is 19.1 Å². The van der Waals surface area contributed by atoms with Gasteiger partial charge < -0.3 is 4.18 Å². The number of allylic oxidation sites excluding steroid dienone is 4. The highest BCUT2D eigenvalue weighted by Crippen LogP contribution is 2.31. The predicted molar refractivity (Wildman–Crippen MR) is 68.9 cm³/mol. The molecule has 0 aliphatic heterocycles. The van der Waals surface area contributed by atoms with Gasteiger partial charge in [-0.05, 0) is 13.0 Å². The molecule has 0 heterocycles. The molecule has 0 fully saturated rings. The van der Waals surface area contributed by atoms with Crippen molar-refractivity contribution < 1.29 is 34.6 Å². The number of hydrogen-bond donors (Lipinski definition) is 0. The smallest absolute Gasteiger partial charge is 0.339 e. The van der Waals surface area contributed by atoms with Crippen LogP contribution in [0, 0.1) is 29.1 Å². The van der Waals surface area contributed by atoms with Crippen molar-refractivity contribution in [1.29, 1.82) is 0 Å². The van der Waals surface area contributed by atoms with Crippen molar-refractivity contribution in [2.75, 3.05) is 0 Å². The quantitative estimate of drug-likeness (QED) is 0.270. The van der Waals surface area contributed by atoms with Gasteiger partial charge in [0.1, 0.15) is 4.91 Å². The first kappa shape index (κ1) is 17.9. The van der Waals surface area contributed by atoms with Gasteiger partial charge >= 0.3 is 10.1 Å². The van der Waals surface area contributed by atoms with E-state index in [1.807, 2.05) is 0 Å². The molecule has 0 saturated heterocycles. The molecule has 0 saturated carbocycles. The first-order valence-corrected chi connectivity index (χ1v) is 6.99. The summed E-state index contributed by atoms with van der Waals surface area (Å²) < 4.78 is 93.3. The van der Waals surface area contributed by atoms with Crippen molar-refractivity contribution in [1.82, 2.24) is 0 Å². The maximum absolute atomic E-state index is 13.4. The Labute approximate surface area is 123 Å². The van der Waals surface area contributed by atoms with Crippen LogP contribution in [0.2, 0.25) is 0 Å². The van der Waals surface area contributed by atoms with Crippen molar-refractivity contribution in [2.45, 2.75) is 6.92 Å². The van der Waals surface area contributed by atoms with Gasteiger partial charge in [0.05, 0.1) is 0 Å². The summed E-state index contributed by atoms with van der Waals surface area (Å²) in [6, 6.07) is 0. The van der Waals surface area contributed by atoms with Crippen LogP contribution in [0.15, 0.2) is 35.8 Å². The van der Waals surface area contributed by atoms with Crippen LogP contribution in [0.3, 0.4) is 0 Å². The molecule has 0 spiro atoms. The van der Waals surface area contributed by atoms with Crippen LogP contribution >= 0.6 is 0 Å². The van der Waals surface area contributed by atoms with E-state index >= 15 is 0 Å². The highest BCUT2D eigenvalue weighted by Gasteiger charge is 2.31. The third-order valence-corrected chi connectivity index (χ3v) is 3.67. The van der Waals surface area contributed by atoms with Crippen molar-refractivity contribution in [2.24, 2.45) is 0 Å². The van der Waals surface area contributed by atoms with Crippen LogP contribution in [-0.4, -0.2) is 8.42 Å². The SMILES string of the molecule is C=C/C=C\C(=C/C)S(=O)(=O)Oc1c(F)c(F)c(F)c(F)c1F. The second-order valence-electron chi connectivity index (χ2n) is 3.72. The number of hydrogen-bond acceptors (Lipinski definition) is 3. The van der Waals surface area contributed by atoms with Gasteiger partial charge in [0, 0.05) is 0 Å². The molecule has 0 N–H and O–H groups in total. The average Bonchev–Trinajstić information content (AvgIpc) is 2.48. The molecule has 0 unspecified atom stereocenters. The van der Waals surface area contributed by atoms with E-state index in [0.717, 1.165) is 12.2 Å². The van der Waals surface area contributed by atoms with E-state index in [9.17, 15) is 30.4 Å². The molecule has 22 heavy (non-hydrogen) atoms. The minimum Gasteiger partial charge on any atom is -0.372 e. The van der Waals surface area contributed by atoms with Gasteiger partial charge in [0.25, 0.3) is 0 Å². The second-order valence-corrected chi connectivity index (χ2v) is 5.27. The summed E-state index contributed by atoms with van der Waals surface area (Å²) in [5, 5.41) is 0. The molecule has 0 aliphatic rings. The number of halogens is 5. The zero-order chi connectivity index (χ0) is 17.1. The molecule has 0 aromatic heterocycles. The molecule has 0 bridgehead atoms. The maximum Gasteiger partial charge on any atom is 0.339 e. The van der Waals surface area contributed by atoms with E-state index in [4.69, 9.17) is 0 Å². The zero-order valence-electron chi connectivity index (χ0n) is 11.0. The second kappa shape index (κ2) is 6.73. The van der Waals surface area contributed by atoms with Crippen LogP contribution < -0.4 is 4.18 Å². The van der Waals surface area contributed by atoms with Gasteiger partial charge in [-0.15, -0.1) is 0 Å². The molecule has 0 aliphatic carbocycles. The van der Waals surface area contributed by atoms with E-state index < -0.39 is 49.9 Å². The summed E-state index contributed by atoms with van der Waals surface area (Å²) in [4.78, 5) is -0.559. The van der Waals surface area contributed by atoms with Crippen molar-refractivity contribution in [3.05, 3.63) is 64.9 Å². The molecular formula is C13H9F5O3S. The van der Waals surface area contributed by atoms with Crippen LogP contribution in [0.1, 0.15) is 6.92 Å². The Bertz CT molecular complexity index is 737. The minimum absolute atomic E-state index is 0.559. The van der Waals surface area contributed by atoms with E-state index in [-0.39, 0.29) is 0 Å². The van der Waals surface area contributed by atoms with Gasteiger partial charge in [-0.3, -0.25) is 0 Å². The first-order chi connectivity index (χ1) is 10.2. The standard InChI is InChI=1S/C13H9F5O3S/c1-3-5-6-7(4-2)22(19,20)21-13-11(17)9(15)8(14)10(16)12(13)18/h3-6H,1H2,2H3/b6-5-,7-4+. The Morgan fingerprint density at radius 2 is 1.45 bits per heavy atom. The normalized spacial score (nSPS) is 12.7. The van der Waals surface area contributed by atoms with Gasteiger partial charge in [0.2, 0.25) is 34.8 Å². The first-order valence-electron chi connectivity index (χ1n) is 5.58. The summed E-state index contributed by atoms with van der Waals surface area (Å²) in [6.45, 7) is 4.55. The van der Waals surface area contributed by atoms with Gasteiger partial charge in [-0.1, -0.05) is 24.8 Å². The predicted octanol–water partition coefficient (Wildman–Crippen LogP) is 3.74. The lowest BCUT2D eigenvalue weighted by atomic mass is 10.3. The molecule has 9 heteroatoms. The highest BCUT2D eigenvalue weighted by atomic mass is 32.2. The molecule has 0 radical (unpaired) electrons.